The lowest BCUT2D eigenvalue weighted by Gasteiger charge is -2.29. The first-order chi connectivity index (χ1) is 5.55. The number of rotatable bonds is 1. The number of carbonyl (C=O) groups is 1. The molecule has 0 aliphatic heterocycles. The molecule has 0 aliphatic rings. The number of hydrogen-bond acceptors (Lipinski definition) is 2. The normalized spacial score (nSPS) is 15.3. The highest BCUT2D eigenvalue weighted by Crippen LogP contribution is 2.25. The van der Waals surface area contributed by atoms with Crippen LogP contribution in [0.1, 0.15) is 48.5 Å². The molecule has 1 unspecified atom stereocenters. The fourth-order valence-corrected chi connectivity index (χ4v) is 0.514. The molecule has 78 valence electrons. The molecule has 2 nitrogen and oxygen atoms in total. The van der Waals surface area contributed by atoms with Crippen molar-refractivity contribution in [1.82, 2.24) is 0 Å². The summed E-state index contributed by atoms with van der Waals surface area (Å²) in [4.78, 5) is 11.5. The zero-order valence-electron chi connectivity index (χ0n) is 9.89. The molecule has 0 bridgehead atoms. The van der Waals surface area contributed by atoms with Crippen molar-refractivity contribution in [3.05, 3.63) is 0 Å². The summed E-state index contributed by atoms with van der Waals surface area (Å²) in [6.45, 7) is 13.7. The number of esters is 1. The average molecular weight is 186 g/mol. The molecule has 0 saturated heterocycles. The Labute approximate surface area is 81.7 Å². The third-order valence-electron chi connectivity index (χ3n) is 2.12. The van der Waals surface area contributed by atoms with Crippen molar-refractivity contribution in [2.45, 2.75) is 54.6 Å². The van der Waals surface area contributed by atoms with Crippen molar-refractivity contribution in [2.24, 2.45) is 10.8 Å². The van der Waals surface area contributed by atoms with Gasteiger partial charge in [-0.15, -0.1) is 0 Å². The first-order valence-electron chi connectivity index (χ1n) is 4.76. The van der Waals surface area contributed by atoms with E-state index in [1.807, 2.05) is 27.7 Å². The van der Waals surface area contributed by atoms with Gasteiger partial charge in [-0.2, -0.15) is 0 Å². The van der Waals surface area contributed by atoms with Gasteiger partial charge in [0.15, 0.2) is 0 Å². The van der Waals surface area contributed by atoms with Crippen LogP contribution in [0.3, 0.4) is 0 Å². The van der Waals surface area contributed by atoms with E-state index in [-0.39, 0.29) is 17.5 Å². The van der Waals surface area contributed by atoms with Crippen molar-refractivity contribution in [2.75, 3.05) is 0 Å². The van der Waals surface area contributed by atoms with Gasteiger partial charge in [-0.3, -0.25) is 4.79 Å². The maximum absolute atomic E-state index is 11.5. The van der Waals surface area contributed by atoms with Gasteiger partial charge >= 0.3 is 5.97 Å². The molecular weight excluding hydrogens is 164 g/mol. The lowest BCUT2D eigenvalue weighted by Crippen LogP contribution is -2.33. The Kier molecular flexibility index (Phi) is 3.54. The van der Waals surface area contributed by atoms with Gasteiger partial charge in [0.25, 0.3) is 0 Å². The van der Waals surface area contributed by atoms with Crippen LogP contribution in [0.4, 0.5) is 0 Å². The summed E-state index contributed by atoms with van der Waals surface area (Å²) in [6.07, 6.45) is -0.0424. The fraction of sp³-hybridized carbons (Fsp3) is 0.909. The standard InChI is InChI=1S/C11H22O2/c1-8(10(2,3)4)13-9(12)11(5,6)7/h8H,1-7H3. The first kappa shape index (κ1) is 12.5. The van der Waals surface area contributed by atoms with Gasteiger partial charge in [0.05, 0.1) is 5.41 Å². The molecule has 0 aliphatic carbocycles. The van der Waals surface area contributed by atoms with Crippen molar-refractivity contribution in [3.63, 3.8) is 0 Å². The minimum atomic E-state index is -0.403. The minimum Gasteiger partial charge on any atom is -0.462 e. The number of hydrogen-bond donors (Lipinski definition) is 0. The van der Waals surface area contributed by atoms with E-state index in [9.17, 15) is 4.79 Å². The molecule has 0 fully saturated rings. The van der Waals surface area contributed by atoms with Crippen LogP contribution in [0.5, 0.6) is 0 Å². The zero-order chi connectivity index (χ0) is 10.9. The van der Waals surface area contributed by atoms with Gasteiger partial charge in [0.1, 0.15) is 6.10 Å². The smallest absolute Gasteiger partial charge is 0.311 e. The Hall–Kier alpha value is -0.530. The molecule has 2 heteroatoms. The predicted molar refractivity (Wildman–Crippen MR) is 54.5 cm³/mol. The van der Waals surface area contributed by atoms with Crippen LogP contribution in [0.15, 0.2) is 0 Å². The van der Waals surface area contributed by atoms with Gasteiger partial charge in [-0.25, -0.2) is 0 Å². The summed E-state index contributed by atoms with van der Waals surface area (Å²) >= 11 is 0. The van der Waals surface area contributed by atoms with Crippen molar-refractivity contribution in [1.29, 1.82) is 0 Å². The summed E-state index contributed by atoms with van der Waals surface area (Å²) < 4.78 is 5.34. The maximum atomic E-state index is 11.5. The van der Waals surface area contributed by atoms with E-state index in [1.165, 1.54) is 0 Å². The summed E-state index contributed by atoms with van der Waals surface area (Å²) in [5.74, 6) is -0.130. The maximum Gasteiger partial charge on any atom is 0.311 e. The van der Waals surface area contributed by atoms with Gasteiger partial charge in [0.2, 0.25) is 0 Å². The number of ether oxygens (including phenoxy) is 1. The second-order valence-corrected chi connectivity index (χ2v) is 5.66. The van der Waals surface area contributed by atoms with Crippen molar-refractivity contribution < 1.29 is 9.53 Å². The second kappa shape index (κ2) is 3.69. The van der Waals surface area contributed by atoms with Crippen LogP contribution in [0.2, 0.25) is 0 Å². The Morgan fingerprint density at radius 1 is 1.08 bits per heavy atom. The number of carbonyl (C=O) groups excluding carboxylic acids is 1. The van der Waals surface area contributed by atoms with E-state index in [4.69, 9.17) is 4.74 Å². The zero-order valence-corrected chi connectivity index (χ0v) is 9.89. The quantitative estimate of drug-likeness (QED) is 0.588. The van der Waals surface area contributed by atoms with E-state index in [2.05, 4.69) is 20.8 Å². The molecule has 0 amide bonds. The molecule has 13 heavy (non-hydrogen) atoms. The molecule has 1 atom stereocenters. The lowest BCUT2D eigenvalue weighted by atomic mass is 9.89. The Balaban J connectivity index is 4.24. The van der Waals surface area contributed by atoms with Crippen LogP contribution < -0.4 is 0 Å². The molecule has 0 spiro atoms. The van der Waals surface area contributed by atoms with Crippen molar-refractivity contribution >= 4 is 5.97 Å². The van der Waals surface area contributed by atoms with Gasteiger partial charge in [-0.1, -0.05) is 20.8 Å². The summed E-state index contributed by atoms with van der Waals surface area (Å²) in [5.41, 5.74) is -0.388. The largest absolute Gasteiger partial charge is 0.462 e. The summed E-state index contributed by atoms with van der Waals surface area (Å²) in [5, 5.41) is 0. The van der Waals surface area contributed by atoms with Gasteiger partial charge in [-0.05, 0) is 33.1 Å². The Bertz CT molecular complexity index is 181. The SMILES string of the molecule is CC(OC(=O)C(C)(C)C)C(C)(C)C. The molecule has 0 aromatic carbocycles. The monoisotopic (exact) mass is 186 g/mol. The predicted octanol–water partition coefficient (Wildman–Crippen LogP) is 3.01. The molecule has 0 saturated carbocycles. The highest BCUT2D eigenvalue weighted by Gasteiger charge is 2.29. The summed E-state index contributed by atoms with van der Waals surface area (Å²) in [7, 11) is 0. The van der Waals surface area contributed by atoms with Crippen LogP contribution in [-0.4, -0.2) is 12.1 Å². The Morgan fingerprint density at radius 3 is 1.69 bits per heavy atom. The molecule has 0 aromatic heterocycles. The van der Waals surface area contributed by atoms with Crippen LogP contribution >= 0.6 is 0 Å². The third-order valence-corrected chi connectivity index (χ3v) is 2.12. The molecule has 0 rings (SSSR count). The highest BCUT2D eigenvalue weighted by molar-refractivity contribution is 5.75. The fourth-order valence-electron chi connectivity index (χ4n) is 0.514. The summed E-state index contributed by atoms with van der Waals surface area (Å²) in [6, 6.07) is 0. The topological polar surface area (TPSA) is 26.3 Å². The van der Waals surface area contributed by atoms with E-state index in [0.29, 0.717) is 0 Å². The molecule has 0 N–H and O–H groups in total. The van der Waals surface area contributed by atoms with E-state index in [0.717, 1.165) is 0 Å². The van der Waals surface area contributed by atoms with Gasteiger partial charge in [0, 0.05) is 0 Å². The van der Waals surface area contributed by atoms with E-state index in [1.54, 1.807) is 0 Å². The second-order valence-electron chi connectivity index (χ2n) is 5.66. The lowest BCUT2D eigenvalue weighted by molar-refractivity contribution is -0.162. The first-order valence-corrected chi connectivity index (χ1v) is 4.76. The average Bonchev–Trinajstić information content (AvgIpc) is 1.82. The van der Waals surface area contributed by atoms with Crippen LogP contribution in [0, 0.1) is 10.8 Å². The third kappa shape index (κ3) is 4.30. The van der Waals surface area contributed by atoms with E-state index < -0.39 is 5.41 Å². The molecule has 0 radical (unpaired) electrons. The van der Waals surface area contributed by atoms with Gasteiger partial charge < -0.3 is 4.74 Å². The van der Waals surface area contributed by atoms with Crippen LogP contribution in [-0.2, 0) is 9.53 Å². The Morgan fingerprint density at radius 2 is 1.46 bits per heavy atom. The van der Waals surface area contributed by atoms with E-state index >= 15 is 0 Å². The molecular formula is C11H22O2. The molecule has 0 heterocycles. The van der Waals surface area contributed by atoms with Crippen molar-refractivity contribution in [3.8, 4) is 0 Å². The highest BCUT2D eigenvalue weighted by atomic mass is 16.5. The minimum absolute atomic E-state index is 0.0148. The van der Waals surface area contributed by atoms with Crippen LogP contribution in [0.25, 0.3) is 0 Å². The molecule has 0 aromatic rings.